The largest absolute Gasteiger partial charge is 0.494 e. The van der Waals surface area contributed by atoms with Gasteiger partial charge in [-0.2, -0.15) is 0 Å². The average molecular weight is 253 g/mol. The minimum Gasteiger partial charge on any atom is -0.494 e. The Balaban J connectivity index is 1.93. The van der Waals surface area contributed by atoms with Crippen LogP contribution in [0, 0.1) is 0 Å². The van der Waals surface area contributed by atoms with Crippen molar-refractivity contribution in [3.63, 3.8) is 0 Å². The summed E-state index contributed by atoms with van der Waals surface area (Å²) in [4.78, 5) is 4.42. The lowest BCUT2D eigenvalue weighted by Crippen LogP contribution is -1.96. The van der Waals surface area contributed by atoms with Crippen molar-refractivity contribution in [2.45, 2.75) is 19.8 Å². The number of unbranched alkanes of at least 4 members (excludes halogenated alkanes) is 1. The van der Waals surface area contributed by atoms with Crippen LogP contribution < -0.4 is 4.74 Å². The summed E-state index contributed by atoms with van der Waals surface area (Å²) in [5.74, 6) is 0.922. The Hall–Kier alpha value is -2.09. The van der Waals surface area contributed by atoms with Crippen molar-refractivity contribution in [1.82, 2.24) is 0 Å². The third kappa shape index (κ3) is 4.59. The molecule has 0 aliphatic rings. The zero-order valence-electron chi connectivity index (χ0n) is 11.3. The first kappa shape index (κ1) is 13.3. The molecule has 0 N–H and O–H groups in total. The standard InChI is InChI=1S/C17H19NO/c1-2-3-13-19-17-11-9-15(10-12-17)14-18-16-7-5-4-6-8-16/h4-12,14H,2-3,13H2,1H3. The van der Waals surface area contributed by atoms with Gasteiger partial charge in [0.2, 0.25) is 0 Å². The van der Waals surface area contributed by atoms with Gasteiger partial charge in [-0.1, -0.05) is 31.5 Å². The molecule has 0 spiro atoms. The first-order valence-corrected chi connectivity index (χ1v) is 6.70. The highest BCUT2D eigenvalue weighted by atomic mass is 16.5. The quantitative estimate of drug-likeness (QED) is 0.544. The number of nitrogens with zero attached hydrogens (tertiary/aromatic N) is 1. The van der Waals surface area contributed by atoms with Crippen LogP contribution in [0.1, 0.15) is 25.3 Å². The van der Waals surface area contributed by atoms with Gasteiger partial charge < -0.3 is 4.74 Å². The van der Waals surface area contributed by atoms with E-state index in [1.54, 1.807) is 0 Å². The third-order valence-corrected chi connectivity index (χ3v) is 2.77. The molecule has 0 atom stereocenters. The molecule has 0 bridgehead atoms. The number of hydrogen-bond acceptors (Lipinski definition) is 2. The fourth-order valence-electron chi connectivity index (χ4n) is 1.65. The van der Waals surface area contributed by atoms with Gasteiger partial charge in [0.1, 0.15) is 5.75 Å². The predicted octanol–water partition coefficient (Wildman–Crippen LogP) is 4.62. The van der Waals surface area contributed by atoms with Gasteiger partial charge in [0, 0.05) is 6.21 Å². The average Bonchev–Trinajstić information content (AvgIpc) is 2.48. The normalized spacial score (nSPS) is 10.8. The smallest absolute Gasteiger partial charge is 0.119 e. The van der Waals surface area contributed by atoms with Crippen molar-refractivity contribution in [1.29, 1.82) is 0 Å². The van der Waals surface area contributed by atoms with E-state index in [9.17, 15) is 0 Å². The summed E-state index contributed by atoms with van der Waals surface area (Å²) in [7, 11) is 0. The topological polar surface area (TPSA) is 21.6 Å². The van der Waals surface area contributed by atoms with Gasteiger partial charge in [0.25, 0.3) is 0 Å². The van der Waals surface area contributed by atoms with E-state index in [0.717, 1.165) is 36.4 Å². The van der Waals surface area contributed by atoms with Crippen LogP contribution in [0.4, 0.5) is 5.69 Å². The molecule has 0 saturated heterocycles. The minimum atomic E-state index is 0.786. The van der Waals surface area contributed by atoms with Crippen LogP contribution in [0.15, 0.2) is 59.6 Å². The summed E-state index contributed by atoms with van der Waals surface area (Å²) in [5, 5.41) is 0. The minimum absolute atomic E-state index is 0.786. The highest BCUT2D eigenvalue weighted by molar-refractivity contribution is 5.82. The summed E-state index contributed by atoms with van der Waals surface area (Å²) in [6.45, 7) is 2.94. The van der Waals surface area contributed by atoms with Gasteiger partial charge in [0.15, 0.2) is 0 Å². The second-order valence-electron chi connectivity index (χ2n) is 4.36. The molecule has 19 heavy (non-hydrogen) atoms. The van der Waals surface area contributed by atoms with Crippen molar-refractivity contribution in [3.05, 3.63) is 60.2 Å². The predicted molar refractivity (Wildman–Crippen MR) is 80.5 cm³/mol. The third-order valence-electron chi connectivity index (χ3n) is 2.77. The molecule has 0 aromatic heterocycles. The second kappa shape index (κ2) is 7.37. The first-order chi connectivity index (χ1) is 9.38. The van der Waals surface area contributed by atoms with Gasteiger partial charge in [-0.25, -0.2) is 0 Å². The lowest BCUT2D eigenvalue weighted by molar-refractivity contribution is 0.309. The summed E-state index contributed by atoms with van der Waals surface area (Å²) in [6.07, 6.45) is 4.12. The SMILES string of the molecule is CCCCOc1ccc(C=Nc2ccccc2)cc1. The van der Waals surface area contributed by atoms with E-state index in [0.29, 0.717) is 0 Å². The van der Waals surface area contributed by atoms with Crippen LogP contribution in [-0.2, 0) is 0 Å². The molecular formula is C17H19NO. The highest BCUT2D eigenvalue weighted by Gasteiger charge is 1.93. The molecule has 2 rings (SSSR count). The molecule has 98 valence electrons. The number of rotatable bonds is 6. The van der Waals surface area contributed by atoms with Gasteiger partial charge >= 0.3 is 0 Å². The lowest BCUT2D eigenvalue weighted by atomic mass is 10.2. The Morgan fingerprint density at radius 2 is 1.74 bits per heavy atom. The summed E-state index contributed by atoms with van der Waals surface area (Å²) in [5.41, 5.74) is 2.04. The number of para-hydroxylation sites is 1. The van der Waals surface area contributed by atoms with Gasteiger partial charge in [-0.3, -0.25) is 4.99 Å². The Morgan fingerprint density at radius 3 is 2.42 bits per heavy atom. The molecule has 2 aromatic carbocycles. The maximum absolute atomic E-state index is 5.62. The zero-order valence-corrected chi connectivity index (χ0v) is 11.3. The Kier molecular flexibility index (Phi) is 5.17. The number of hydrogen-bond donors (Lipinski definition) is 0. The Morgan fingerprint density at radius 1 is 1.00 bits per heavy atom. The van der Waals surface area contributed by atoms with Crippen LogP contribution in [-0.4, -0.2) is 12.8 Å². The molecule has 0 fully saturated rings. The van der Waals surface area contributed by atoms with Gasteiger partial charge in [0.05, 0.1) is 12.3 Å². The highest BCUT2D eigenvalue weighted by Crippen LogP contribution is 2.13. The van der Waals surface area contributed by atoms with Crippen LogP contribution in [0.2, 0.25) is 0 Å². The molecule has 0 aliphatic carbocycles. The fraction of sp³-hybridized carbons (Fsp3) is 0.235. The van der Waals surface area contributed by atoms with E-state index >= 15 is 0 Å². The van der Waals surface area contributed by atoms with Gasteiger partial charge in [-0.15, -0.1) is 0 Å². The van der Waals surface area contributed by atoms with E-state index in [-0.39, 0.29) is 0 Å². The van der Waals surface area contributed by atoms with Crippen LogP contribution in [0.25, 0.3) is 0 Å². The molecule has 2 nitrogen and oxygen atoms in total. The van der Waals surface area contributed by atoms with Crippen molar-refractivity contribution in [2.24, 2.45) is 4.99 Å². The van der Waals surface area contributed by atoms with Crippen LogP contribution in [0.5, 0.6) is 5.75 Å². The molecule has 2 heteroatoms. The maximum Gasteiger partial charge on any atom is 0.119 e. The molecule has 0 heterocycles. The molecule has 0 amide bonds. The van der Waals surface area contributed by atoms with E-state index in [4.69, 9.17) is 4.74 Å². The molecule has 0 unspecified atom stereocenters. The molecule has 0 aliphatic heterocycles. The number of benzene rings is 2. The van der Waals surface area contributed by atoms with E-state index < -0.39 is 0 Å². The Labute approximate surface area is 114 Å². The summed E-state index contributed by atoms with van der Waals surface area (Å²) in [6, 6.07) is 17.9. The molecule has 0 saturated carbocycles. The Bertz CT molecular complexity index is 503. The maximum atomic E-state index is 5.62. The first-order valence-electron chi connectivity index (χ1n) is 6.70. The summed E-state index contributed by atoms with van der Waals surface area (Å²) < 4.78 is 5.62. The molecule has 2 aromatic rings. The molecule has 0 radical (unpaired) electrons. The van der Waals surface area contributed by atoms with Crippen LogP contribution >= 0.6 is 0 Å². The zero-order chi connectivity index (χ0) is 13.3. The number of ether oxygens (including phenoxy) is 1. The van der Waals surface area contributed by atoms with Crippen molar-refractivity contribution >= 4 is 11.9 Å². The van der Waals surface area contributed by atoms with Crippen molar-refractivity contribution < 1.29 is 4.74 Å². The van der Waals surface area contributed by atoms with Crippen molar-refractivity contribution in [2.75, 3.05) is 6.61 Å². The van der Waals surface area contributed by atoms with E-state index in [1.165, 1.54) is 0 Å². The number of aliphatic imine (C=N–C) groups is 1. The monoisotopic (exact) mass is 253 g/mol. The fourth-order valence-corrected chi connectivity index (χ4v) is 1.65. The van der Waals surface area contributed by atoms with E-state index in [2.05, 4.69) is 11.9 Å². The van der Waals surface area contributed by atoms with Crippen LogP contribution in [0.3, 0.4) is 0 Å². The summed E-state index contributed by atoms with van der Waals surface area (Å²) >= 11 is 0. The second-order valence-corrected chi connectivity index (χ2v) is 4.36. The van der Waals surface area contributed by atoms with Crippen molar-refractivity contribution in [3.8, 4) is 5.75 Å². The molecular weight excluding hydrogens is 234 g/mol. The lowest BCUT2D eigenvalue weighted by Gasteiger charge is -2.04. The van der Waals surface area contributed by atoms with Gasteiger partial charge in [-0.05, 0) is 48.4 Å². The van der Waals surface area contributed by atoms with E-state index in [1.807, 2.05) is 60.8 Å².